The molecule has 0 spiro atoms. The van der Waals surface area contributed by atoms with Gasteiger partial charge in [-0.25, -0.2) is 0 Å². The fourth-order valence-corrected chi connectivity index (χ4v) is 3.44. The number of fused-ring (bicyclic) bond motifs is 4. The van der Waals surface area contributed by atoms with Gasteiger partial charge in [0.05, 0.1) is 13.3 Å². The Balaban J connectivity index is 1.54. The Morgan fingerprint density at radius 1 is 0.500 bits per heavy atom. The zero-order valence-electron chi connectivity index (χ0n) is 12.7. The van der Waals surface area contributed by atoms with Crippen LogP contribution in [0.25, 0.3) is 0 Å². The molecule has 0 aliphatic carbocycles. The first kappa shape index (κ1) is 14.7. The molecule has 3 rings (SSSR count). The maximum Gasteiger partial charge on any atom is 0.0518 e. The Bertz CT molecular complexity index is 259. The van der Waals surface area contributed by atoms with Gasteiger partial charge in [-0.05, 0) is 12.8 Å². The van der Waals surface area contributed by atoms with Crippen LogP contribution < -0.4 is 10.6 Å². The normalized spacial score (nSPS) is 40.8. The van der Waals surface area contributed by atoms with E-state index in [0.29, 0.717) is 0 Å². The van der Waals surface area contributed by atoms with E-state index in [9.17, 15) is 0 Å². The average molecular weight is 282 g/mol. The van der Waals surface area contributed by atoms with Crippen molar-refractivity contribution >= 4 is 0 Å². The van der Waals surface area contributed by atoms with Crippen molar-refractivity contribution in [2.75, 3.05) is 79.0 Å². The SMILES string of the molecule is C1CN2CCN3CCCN(CNCCNCN(C1)C2)C3. The lowest BCUT2D eigenvalue weighted by molar-refractivity contribution is 0.0409. The average Bonchev–Trinajstić information content (AvgIpc) is 2.49. The molecule has 0 aromatic heterocycles. The number of hydrogen-bond acceptors (Lipinski definition) is 6. The maximum atomic E-state index is 3.56. The molecule has 4 atom stereocenters. The molecular weight excluding hydrogens is 252 g/mol. The highest BCUT2D eigenvalue weighted by molar-refractivity contribution is 4.73. The fraction of sp³-hybridized carbons (Fsp3) is 1.00. The van der Waals surface area contributed by atoms with Gasteiger partial charge in [0.25, 0.3) is 0 Å². The van der Waals surface area contributed by atoms with Gasteiger partial charge in [0.1, 0.15) is 0 Å². The molecule has 0 aromatic carbocycles. The number of hydrogen-bond donors (Lipinski definition) is 2. The standard InChI is InChI=1S/C14H30N6/c1-5-17-9-10-18-6-2-8-20(14-18)12-16-4-3-15-11-19(7-1)13-17/h15-16H,1-14H2. The van der Waals surface area contributed by atoms with Crippen molar-refractivity contribution in [1.29, 1.82) is 0 Å². The van der Waals surface area contributed by atoms with Gasteiger partial charge in [-0.15, -0.1) is 0 Å². The van der Waals surface area contributed by atoms with Crippen molar-refractivity contribution < 1.29 is 0 Å². The first-order valence-corrected chi connectivity index (χ1v) is 8.21. The van der Waals surface area contributed by atoms with Crippen LogP contribution in [0, 0.1) is 0 Å². The van der Waals surface area contributed by atoms with Gasteiger partial charge >= 0.3 is 0 Å². The molecule has 3 heterocycles. The Hall–Kier alpha value is -0.240. The summed E-state index contributed by atoms with van der Waals surface area (Å²) in [5.74, 6) is 0. The molecule has 3 fully saturated rings. The molecule has 3 saturated heterocycles. The summed E-state index contributed by atoms with van der Waals surface area (Å²) >= 11 is 0. The lowest BCUT2D eigenvalue weighted by atomic mass is 10.2. The van der Waals surface area contributed by atoms with E-state index in [2.05, 4.69) is 30.2 Å². The summed E-state index contributed by atoms with van der Waals surface area (Å²) in [5, 5.41) is 7.12. The van der Waals surface area contributed by atoms with Crippen LogP contribution in [0.15, 0.2) is 0 Å². The van der Waals surface area contributed by atoms with Gasteiger partial charge in [0.2, 0.25) is 0 Å². The number of nitrogens with zero attached hydrogens (tertiary/aromatic N) is 4. The van der Waals surface area contributed by atoms with E-state index < -0.39 is 0 Å². The minimum Gasteiger partial charge on any atom is -0.303 e. The molecule has 3 aliphatic heterocycles. The molecule has 0 amide bonds. The molecule has 6 heteroatoms. The van der Waals surface area contributed by atoms with Crippen LogP contribution >= 0.6 is 0 Å². The molecule has 2 N–H and O–H groups in total. The first-order valence-electron chi connectivity index (χ1n) is 8.21. The highest BCUT2D eigenvalue weighted by Gasteiger charge is 2.20. The minimum atomic E-state index is 1.03. The zero-order valence-corrected chi connectivity index (χ0v) is 12.7. The highest BCUT2D eigenvalue weighted by Crippen LogP contribution is 2.08. The minimum absolute atomic E-state index is 1.03. The number of nitrogens with one attached hydrogen (secondary N) is 2. The predicted octanol–water partition coefficient (Wildman–Crippen LogP) is -0.975. The summed E-state index contributed by atoms with van der Waals surface area (Å²) in [6.45, 7) is 13.9. The van der Waals surface area contributed by atoms with E-state index in [4.69, 9.17) is 0 Å². The van der Waals surface area contributed by atoms with Crippen LogP contribution in [0.3, 0.4) is 0 Å². The lowest BCUT2D eigenvalue weighted by Crippen LogP contribution is -2.54. The molecule has 0 aromatic rings. The molecule has 4 bridgehead atoms. The third-order valence-corrected chi connectivity index (χ3v) is 4.58. The molecule has 3 aliphatic rings. The van der Waals surface area contributed by atoms with Gasteiger partial charge in [0.15, 0.2) is 0 Å². The Morgan fingerprint density at radius 3 is 1.45 bits per heavy atom. The van der Waals surface area contributed by atoms with Crippen LogP contribution in [0.2, 0.25) is 0 Å². The van der Waals surface area contributed by atoms with Gasteiger partial charge in [-0.3, -0.25) is 19.6 Å². The monoisotopic (exact) mass is 282 g/mol. The summed E-state index contributed by atoms with van der Waals surface area (Å²) in [6.07, 6.45) is 2.62. The van der Waals surface area contributed by atoms with E-state index in [1.807, 2.05) is 0 Å². The number of rotatable bonds is 0. The van der Waals surface area contributed by atoms with Crippen LogP contribution in [0.4, 0.5) is 0 Å². The summed E-state index contributed by atoms with van der Waals surface area (Å²) in [7, 11) is 0. The summed E-state index contributed by atoms with van der Waals surface area (Å²) in [4.78, 5) is 10.3. The Morgan fingerprint density at radius 2 is 0.950 bits per heavy atom. The summed E-state index contributed by atoms with van der Waals surface area (Å²) in [6, 6.07) is 0. The van der Waals surface area contributed by atoms with Crippen LogP contribution in [0.5, 0.6) is 0 Å². The van der Waals surface area contributed by atoms with Crippen LogP contribution in [-0.4, -0.2) is 98.6 Å². The third kappa shape index (κ3) is 4.38. The third-order valence-electron chi connectivity index (χ3n) is 4.58. The van der Waals surface area contributed by atoms with Crippen LogP contribution in [-0.2, 0) is 0 Å². The largest absolute Gasteiger partial charge is 0.303 e. The molecule has 0 saturated carbocycles. The fourth-order valence-electron chi connectivity index (χ4n) is 3.44. The van der Waals surface area contributed by atoms with Gasteiger partial charge in [-0.2, -0.15) is 0 Å². The van der Waals surface area contributed by atoms with Crippen molar-refractivity contribution in [3.05, 3.63) is 0 Å². The maximum absolute atomic E-state index is 3.56. The molecule has 4 unspecified atom stereocenters. The van der Waals surface area contributed by atoms with E-state index in [-0.39, 0.29) is 0 Å². The van der Waals surface area contributed by atoms with Crippen molar-refractivity contribution in [1.82, 2.24) is 30.2 Å². The smallest absolute Gasteiger partial charge is 0.0518 e. The van der Waals surface area contributed by atoms with E-state index in [0.717, 1.165) is 39.8 Å². The van der Waals surface area contributed by atoms with Crippen LogP contribution in [0.1, 0.15) is 12.8 Å². The van der Waals surface area contributed by atoms with Gasteiger partial charge in [0, 0.05) is 65.7 Å². The molecule has 116 valence electrons. The molecular formula is C14H30N6. The Labute approximate surface area is 123 Å². The summed E-state index contributed by atoms with van der Waals surface area (Å²) < 4.78 is 0. The lowest BCUT2D eigenvalue weighted by Gasteiger charge is -2.39. The van der Waals surface area contributed by atoms with E-state index in [1.165, 1.54) is 52.1 Å². The quantitative estimate of drug-likeness (QED) is 0.595. The second kappa shape index (κ2) is 7.68. The van der Waals surface area contributed by atoms with Crippen molar-refractivity contribution in [3.8, 4) is 0 Å². The van der Waals surface area contributed by atoms with Gasteiger partial charge < -0.3 is 10.6 Å². The van der Waals surface area contributed by atoms with E-state index >= 15 is 0 Å². The second-order valence-electron chi connectivity index (χ2n) is 6.33. The molecule has 0 radical (unpaired) electrons. The second-order valence-corrected chi connectivity index (χ2v) is 6.33. The van der Waals surface area contributed by atoms with Gasteiger partial charge in [-0.1, -0.05) is 0 Å². The van der Waals surface area contributed by atoms with Crippen molar-refractivity contribution in [2.24, 2.45) is 0 Å². The Kier molecular flexibility index (Phi) is 5.64. The van der Waals surface area contributed by atoms with Crippen molar-refractivity contribution in [3.63, 3.8) is 0 Å². The first-order chi connectivity index (χ1) is 9.90. The molecule has 20 heavy (non-hydrogen) atoms. The topological polar surface area (TPSA) is 37.0 Å². The summed E-state index contributed by atoms with van der Waals surface area (Å²) in [5.41, 5.74) is 0. The highest BCUT2D eigenvalue weighted by atomic mass is 15.4. The molecule has 6 nitrogen and oxygen atoms in total. The van der Waals surface area contributed by atoms with Crippen molar-refractivity contribution in [2.45, 2.75) is 12.8 Å². The zero-order chi connectivity index (χ0) is 13.6. The predicted molar refractivity (Wildman–Crippen MR) is 81.3 cm³/mol. The van der Waals surface area contributed by atoms with E-state index in [1.54, 1.807) is 0 Å².